The highest BCUT2D eigenvalue weighted by molar-refractivity contribution is 7.20. The van der Waals surface area contributed by atoms with Crippen LogP contribution in [0.5, 0.6) is 11.5 Å². The molecule has 0 atom stereocenters. The number of nitrogens with zero attached hydrogens (tertiary/aromatic N) is 2. The molecule has 3 aromatic rings. The molecular weight excluding hydrogens is 404 g/mol. The topological polar surface area (TPSA) is 102 Å². The summed E-state index contributed by atoms with van der Waals surface area (Å²) in [5.41, 5.74) is 6.89. The van der Waals surface area contributed by atoms with Gasteiger partial charge in [0.15, 0.2) is 11.5 Å². The Hall–Kier alpha value is -3.20. The number of thiophene rings is 1. The highest BCUT2D eigenvalue weighted by Crippen LogP contribution is 2.31. The maximum Gasteiger partial charge on any atom is 0.280 e. The summed E-state index contributed by atoms with van der Waals surface area (Å²) in [6.45, 7) is 8.10. The third-order valence-electron chi connectivity index (χ3n) is 4.56. The lowest BCUT2D eigenvalue weighted by atomic mass is 10.1. The van der Waals surface area contributed by atoms with Gasteiger partial charge in [-0.25, -0.2) is 9.97 Å². The van der Waals surface area contributed by atoms with Crippen molar-refractivity contribution in [3.05, 3.63) is 45.7 Å². The van der Waals surface area contributed by atoms with Crippen molar-refractivity contribution < 1.29 is 19.1 Å². The number of hydrogen-bond donors (Lipinski definition) is 2. The predicted molar refractivity (Wildman–Crippen MR) is 115 cm³/mol. The number of nitrogens with one attached hydrogen (secondary N) is 2. The van der Waals surface area contributed by atoms with Gasteiger partial charge in [-0.1, -0.05) is 6.92 Å². The van der Waals surface area contributed by atoms with Gasteiger partial charge >= 0.3 is 0 Å². The fraction of sp³-hybridized carbons (Fsp3) is 0.333. The van der Waals surface area contributed by atoms with Crippen LogP contribution in [-0.4, -0.2) is 35.5 Å². The number of amides is 2. The van der Waals surface area contributed by atoms with Crippen LogP contribution in [0.25, 0.3) is 10.2 Å². The van der Waals surface area contributed by atoms with Crippen LogP contribution < -0.4 is 20.3 Å². The molecule has 2 amide bonds. The first-order valence-electron chi connectivity index (χ1n) is 9.57. The van der Waals surface area contributed by atoms with Crippen molar-refractivity contribution >= 4 is 33.4 Å². The zero-order chi connectivity index (χ0) is 21.8. The van der Waals surface area contributed by atoms with E-state index in [1.165, 1.54) is 18.4 Å². The van der Waals surface area contributed by atoms with Gasteiger partial charge in [-0.3, -0.25) is 20.4 Å². The van der Waals surface area contributed by atoms with Gasteiger partial charge in [0.05, 0.1) is 18.6 Å². The van der Waals surface area contributed by atoms with Gasteiger partial charge < -0.3 is 9.47 Å². The van der Waals surface area contributed by atoms with Crippen molar-refractivity contribution in [3.8, 4) is 11.5 Å². The maximum absolute atomic E-state index is 12.7. The second-order valence-electron chi connectivity index (χ2n) is 6.52. The number of fused-ring (bicyclic) bond motifs is 1. The lowest BCUT2D eigenvalue weighted by Crippen LogP contribution is -2.41. The van der Waals surface area contributed by atoms with E-state index in [-0.39, 0.29) is 0 Å². The molecule has 0 saturated heterocycles. The van der Waals surface area contributed by atoms with Gasteiger partial charge in [0.2, 0.25) is 0 Å². The standard InChI is InChI=1S/C21H24N4O4S/c1-6-16-22-12(4)17-11(3)18(30-21(17)23-16)20(27)25-24-19(26)13-8-9-14(29-7-2)15(10-13)28-5/h8-10H,6-7H2,1-5H3,(H,24,26)(H,25,27). The van der Waals surface area contributed by atoms with Crippen LogP contribution in [0.4, 0.5) is 0 Å². The number of hydrogen-bond acceptors (Lipinski definition) is 7. The van der Waals surface area contributed by atoms with Crippen molar-refractivity contribution in [2.45, 2.75) is 34.1 Å². The molecule has 0 aliphatic rings. The number of carbonyl (C=O) groups excluding carboxylic acids is 2. The van der Waals surface area contributed by atoms with Gasteiger partial charge in [0.1, 0.15) is 10.7 Å². The molecule has 0 bridgehead atoms. The van der Waals surface area contributed by atoms with Crippen LogP contribution in [0.1, 0.15) is 51.0 Å². The smallest absolute Gasteiger partial charge is 0.280 e. The summed E-state index contributed by atoms with van der Waals surface area (Å²) in [5.74, 6) is 0.860. The molecule has 0 aliphatic carbocycles. The van der Waals surface area contributed by atoms with E-state index in [0.717, 1.165) is 33.7 Å². The van der Waals surface area contributed by atoms with E-state index in [1.54, 1.807) is 18.2 Å². The van der Waals surface area contributed by atoms with Crippen molar-refractivity contribution in [3.63, 3.8) is 0 Å². The number of benzene rings is 1. The van der Waals surface area contributed by atoms with Crippen LogP contribution in [0.3, 0.4) is 0 Å². The third kappa shape index (κ3) is 4.20. The molecule has 0 spiro atoms. The number of ether oxygens (including phenoxy) is 2. The summed E-state index contributed by atoms with van der Waals surface area (Å²) >= 11 is 1.29. The van der Waals surface area contributed by atoms with E-state index in [1.807, 2.05) is 27.7 Å². The fourth-order valence-electron chi connectivity index (χ4n) is 3.10. The number of methoxy groups -OCH3 is 1. The predicted octanol–water partition coefficient (Wildman–Crippen LogP) is 3.35. The first kappa shape index (κ1) is 21.5. The number of hydrazine groups is 1. The molecule has 3 rings (SSSR count). The monoisotopic (exact) mass is 428 g/mol. The molecule has 158 valence electrons. The van der Waals surface area contributed by atoms with Crippen molar-refractivity contribution in [1.29, 1.82) is 0 Å². The quantitative estimate of drug-likeness (QED) is 0.584. The Morgan fingerprint density at radius 3 is 2.47 bits per heavy atom. The van der Waals surface area contributed by atoms with E-state index in [4.69, 9.17) is 9.47 Å². The highest BCUT2D eigenvalue weighted by Gasteiger charge is 2.20. The first-order valence-corrected chi connectivity index (χ1v) is 10.4. The van der Waals surface area contributed by atoms with Crippen molar-refractivity contribution in [2.75, 3.05) is 13.7 Å². The molecule has 0 saturated carbocycles. The molecule has 0 aliphatic heterocycles. The lowest BCUT2D eigenvalue weighted by molar-refractivity contribution is 0.0848. The van der Waals surface area contributed by atoms with Crippen molar-refractivity contribution in [1.82, 2.24) is 20.8 Å². The zero-order valence-electron chi connectivity index (χ0n) is 17.6. The van der Waals surface area contributed by atoms with Gasteiger partial charge in [0, 0.05) is 23.1 Å². The summed E-state index contributed by atoms with van der Waals surface area (Å²) in [5, 5.41) is 0.880. The van der Waals surface area contributed by atoms with E-state index >= 15 is 0 Å². The molecular formula is C21H24N4O4S. The second-order valence-corrected chi connectivity index (χ2v) is 7.52. The molecule has 0 fully saturated rings. The van der Waals surface area contributed by atoms with E-state index in [9.17, 15) is 9.59 Å². The highest BCUT2D eigenvalue weighted by atomic mass is 32.1. The normalized spacial score (nSPS) is 10.7. The number of carbonyl (C=O) groups is 2. The minimum Gasteiger partial charge on any atom is -0.493 e. The summed E-state index contributed by atoms with van der Waals surface area (Å²) in [6.07, 6.45) is 0.719. The summed E-state index contributed by atoms with van der Waals surface area (Å²) in [4.78, 5) is 35.4. The van der Waals surface area contributed by atoms with Gasteiger partial charge in [-0.05, 0) is 44.5 Å². The third-order valence-corrected chi connectivity index (χ3v) is 5.74. The van der Waals surface area contributed by atoms with E-state index in [2.05, 4.69) is 20.8 Å². The Kier molecular flexibility index (Phi) is 6.51. The average molecular weight is 429 g/mol. The Morgan fingerprint density at radius 1 is 1.07 bits per heavy atom. The second kappa shape index (κ2) is 9.08. The average Bonchev–Trinajstić information content (AvgIpc) is 3.09. The van der Waals surface area contributed by atoms with Gasteiger partial charge in [-0.2, -0.15) is 0 Å². The summed E-state index contributed by atoms with van der Waals surface area (Å²) in [7, 11) is 1.50. The van der Waals surface area contributed by atoms with Crippen LogP contribution in [0.2, 0.25) is 0 Å². The Morgan fingerprint density at radius 2 is 1.80 bits per heavy atom. The van der Waals surface area contributed by atoms with Gasteiger partial charge in [-0.15, -0.1) is 11.3 Å². The van der Waals surface area contributed by atoms with E-state index in [0.29, 0.717) is 28.5 Å². The summed E-state index contributed by atoms with van der Waals surface area (Å²) < 4.78 is 10.7. The number of aryl methyl sites for hydroxylation is 3. The molecule has 9 heteroatoms. The molecule has 2 N–H and O–H groups in total. The maximum atomic E-state index is 12.7. The molecule has 0 unspecified atom stereocenters. The molecule has 1 aromatic carbocycles. The van der Waals surface area contributed by atoms with Crippen LogP contribution >= 0.6 is 11.3 Å². The minimum atomic E-state index is -0.465. The van der Waals surface area contributed by atoms with Crippen LogP contribution in [-0.2, 0) is 6.42 Å². The number of aromatic nitrogens is 2. The first-order chi connectivity index (χ1) is 14.4. The molecule has 2 aromatic heterocycles. The molecule has 0 radical (unpaired) electrons. The van der Waals surface area contributed by atoms with Crippen molar-refractivity contribution in [2.24, 2.45) is 0 Å². The zero-order valence-corrected chi connectivity index (χ0v) is 18.4. The molecule has 8 nitrogen and oxygen atoms in total. The summed E-state index contributed by atoms with van der Waals surface area (Å²) in [6, 6.07) is 4.81. The lowest BCUT2D eigenvalue weighted by Gasteiger charge is -2.11. The van der Waals surface area contributed by atoms with E-state index < -0.39 is 11.8 Å². The largest absolute Gasteiger partial charge is 0.493 e. The van der Waals surface area contributed by atoms with Gasteiger partial charge in [0.25, 0.3) is 11.8 Å². The van der Waals surface area contributed by atoms with Crippen LogP contribution in [0, 0.1) is 13.8 Å². The Balaban J connectivity index is 1.76. The van der Waals surface area contributed by atoms with Crippen LogP contribution in [0.15, 0.2) is 18.2 Å². The number of rotatable bonds is 6. The SMILES string of the molecule is CCOc1ccc(C(=O)NNC(=O)c2sc3nc(CC)nc(C)c3c2C)cc1OC. The molecule has 30 heavy (non-hydrogen) atoms. The minimum absolute atomic E-state index is 0.331. The Labute approximate surface area is 178 Å². The Bertz CT molecular complexity index is 1110. The molecule has 2 heterocycles. The fourth-order valence-corrected chi connectivity index (χ4v) is 4.24.